The Balaban J connectivity index is 2.01. The van der Waals surface area contributed by atoms with Crippen LogP contribution in [0.15, 0.2) is 18.5 Å². The van der Waals surface area contributed by atoms with Gasteiger partial charge in [-0.05, 0) is 31.7 Å². The van der Waals surface area contributed by atoms with E-state index in [0.717, 1.165) is 12.8 Å². The number of amides is 2. The third kappa shape index (κ3) is 3.21. The topological polar surface area (TPSA) is 82.5 Å². The Kier molecular flexibility index (Phi) is 3.69. The summed E-state index contributed by atoms with van der Waals surface area (Å²) < 4.78 is 0. The number of urea groups is 1. The molecule has 2 rings (SSSR count). The van der Waals surface area contributed by atoms with Crippen molar-refractivity contribution in [2.45, 2.75) is 25.8 Å². The standard InChI is InChI=1S/C13H17N3O3/c1-8(9-3-4-9)16(2)13(19)15-11-5-10(12(17)18)6-14-7-11/h5-9H,3-4H2,1-2H3,(H,15,19)(H,17,18). The van der Waals surface area contributed by atoms with E-state index in [9.17, 15) is 9.59 Å². The molecule has 1 aliphatic carbocycles. The lowest BCUT2D eigenvalue weighted by Gasteiger charge is -2.25. The van der Waals surface area contributed by atoms with Crippen molar-refractivity contribution in [3.8, 4) is 0 Å². The number of nitrogens with one attached hydrogen (secondary N) is 1. The third-order valence-corrected chi connectivity index (χ3v) is 3.47. The predicted molar refractivity (Wildman–Crippen MR) is 70.2 cm³/mol. The molecule has 1 aromatic heterocycles. The van der Waals surface area contributed by atoms with Gasteiger partial charge in [-0.25, -0.2) is 9.59 Å². The smallest absolute Gasteiger partial charge is 0.337 e. The lowest BCUT2D eigenvalue weighted by Crippen LogP contribution is -2.39. The number of aromatic nitrogens is 1. The highest BCUT2D eigenvalue weighted by molar-refractivity contribution is 5.92. The van der Waals surface area contributed by atoms with E-state index in [-0.39, 0.29) is 17.6 Å². The first-order valence-corrected chi connectivity index (χ1v) is 6.21. The summed E-state index contributed by atoms with van der Waals surface area (Å²) in [5.41, 5.74) is 0.440. The lowest BCUT2D eigenvalue weighted by molar-refractivity contribution is 0.0696. The van der Waals surface area contributed by atoms with Crippen molar-refractivity contribution in [2.75, 3.05) is 12.4 Å². The van der Waals surface area contributed by atoms with E-state index in [0.29, 0.717) is 11.6 Å². The molecule has 1 atom stereocenters. The molecule has 2 N–H and O–H groups in total. The molecule has 1 fully saturated rings. The van der Waals surface area contributed by atoms with E-state index in [1.54, 1.807) is 11.9 Å². The molecule has 6 nitrogen and oxygen atoms in total. The van der Waals surface area contributed by atoms with Gasteiger partial charge in [0.25, 0.3) is 0 Å². The minimum absolute atomic E-state index is 0.0516. The van der Waals surface area contributed by atoms with E-state index in [1.807, 2.05) is 6.92 Å². The number of carboxylic acid groups (broad SMARTS) is 1. The van der Waals surface area contributed by atoms with Gasteiger partial charge in [0.15, 0.2) is 0 Å². The zero-order valence-corrected chi connectivity index (χ0v) is 11.0. The molecule has 1 aliphatic rings. The first kappa shape index (κ1) is 13.3. The van der Waals surface area contributed by atoms with Crippen LogP contribution in [0.3, 0.4) is 0 Å². The van der Waals surface area contributed by atoms with E-state index in [2.05, 4.69) is 10.3 Å². The summed E-state index contributed by atoms with van der Waals surface area (Å²) in [5, 5.41) is 11.5. The zero-order chi connectivity index (χ0) is 14.0. The Morgan fingerprint density at radius 1 is 1.47 bits per heavy atom. The van der Waals surface area contributed by atoms with Crippen molar-refractivity contribution in [2.24, 2.45) is 5.92 Å². The fraction of sp³-hybridized carbons (Fsp3) is 0.462. The summed E-state index contributed by atoms with van der Waals surface area (Å²) in [6.07, 6.45) is 5.00. The second kappa shape index (κ2) is 5.26. The molecular weight excluding hydrogens is 246 g/mol. The van der Waals surface area contributed by atoms with Crippen LogP contribution in [-0.4, -0.2) is 40.1 Å². The van der Waals surface area contributed by atoms with Gasteiger partial charge < -0.3 is 15.3 Å². The number of hydrogen-bond donors (Lipinski definition) is 2. The van der Waals surface area contributed by atoms with Gasteiger partial charge >= 0.3 is 12.0 Å². The molecule has 1 heterocycles. The molecule has 102 valence electrons. The SMILES string of the molecule is CC(C1CC1)N(C)C(=O)Nc1cncc(C(=O)O)c1. The first-order chi connectivity index (χ1) is 8.99. The highest BCUT2D eigenvalue weighted by Crippen LogP contribution is 2.34. The second-order valence-corrected chi connectivity index (χ2v) is 4.89. The molecule has 0 aliphatic heterocycles. The maximum absolute atomic E-state index is 12.0. The highest BCUT2D eigenvalue weighted by Gasteiger charge is 2.32. The van der Waals surface area contributed by atoms with Gasteiger partial charge in [-0.1, -0.05) is 0 Å². The minimum atomic E-state index is -1.07. The number of rotatable bonds is 4. The van der Waals surface area contributed by atoms with Gasteiger partial charge in [0.05, 0.1) is 17.4 Å². The highest BCUT2D eigenvalue weighted by atomic mass is 16.4. The van der Waals surface area contributed by atoms with Crippen LogP contribution < -0.4 is 5.32 Å². The van der Waals surface area contributed by atoms with Crippen molar-refractivity contribution in [3.63, 3.8) is 0 Å². The lowest BCUT2D eigenvalue weighted by atomic mass is 10.2. The summed E-state index contributed by atoms with van der Waals surface area (Å²) >= 11 is 0. The maximum Gasteiger partial charge on any atom is 0.337 e. The van der Waals surface area contributed by atoms with Crippen LogP contribution in [0, 0.1) is 5.92 Å². The summed E-state index contributed by atoms with van der Waals surface area (Å²) in [6.45, 7) is 2.02. The zero-order valence-electron chi connectivity index (χ0n) is 11.0. The Morgan fingerprint density at radius 2 is 2.16 bits per heavy atom. The van der Waals surface area contributed by atoms with Gasteiger partial charge in [0, 0.05) is 19.3 Å². The molecule has 0 spiro atoms. The molecule has 0 saturated heterocycles. The number of hydrogen-bond acceptors (Lipinski definition) is 3. The average Bonchev–Trinajstić information content (AvgIpc) is 3.21. The summed E-state index contributed by atoms with van der Waals surface area (Å²) in [5.74, 6) is -0.484. The largest absolute Gasteiger partial charge is 0.478 e. The summed E-state index contributed by atoms with van der Waals surface area (Å²) in [6, 6.07) is 1.34. The van der Waals surface area contributed by atoms with E-state index < -0.39 is 5.97 Å². The fourth-order valence-electron chi connectivity index (χ4n) is 1.92. The van der Waals surface area contributed by atoms with Crippen LogP contribution in [0.2, 0.25) is 0 Å². The second-order valence-electron chi connectivity index (χ2n) is 4.89. The number of aromatic carboxylic acids is 1. The molecule has 0 radical (unpaired) electrons. The molecule has 6 heteroatoms. The molecule has 0 bridgehead atoms. The number of nitrogens with zero attached hydrogens (tertiary/aromatic N) is 2. The van der Waals surface area contributed by atoms with Gasteiger partial charge in [-0.2, -0.15) is 0 Å². The predicted octanol–water partition coefficient (Wildman–Crippen LogP) is 2.04. The number of anilines is 1. The van der Waals surface area contributed by atoms with E-state index >= 15 is 0 Å². The van der Waals surface area contributed by atoms with E-state index in [1.165, 1.54) is 18.5 Å². The molecule has 0 aromatic carbocycles. The molecule has 1 unspecified atom stereocenters. The number of carboxylic acids is 1. The number of carbonyl (C=O) groups excluding carboxylic acids is 1. The fourth-order valence-corrected chi connectivity index (χ4v) is 1.92. The van der Waals surface area contributed by atoms with Gasteiger partial charge in [-0.3, -0.25) is 4.98 Å². The monoisotopic (exact) mass is 263 g/mol. The Hall–Kier alpha value is -2.11. The third-order valence-electron chi connectivity index (χ3n) is 3.47. The van der Waals surface area contributed by atoms with Crippen molar-refractivity contribution in [1.29, 1.82) is 0 Å². The van der Waals surface area contributed by atoms with Gasteiger partial charge in [0.2, 0.25) is 0 Å². The summed E-state index contributed by atoms with van der Waals surface area (Å²) in [7, 11) is 1.74. The van der Waals surface area contributed by atoms with Crippen LogP contribution in [0.5, 0.6) is 0 Å². The van der Waals surface area contributed by atoms with Crippen LogP contribution in [0.25, 0.3) is 0 Å². The first-order valence-electron chi connectivity index (χ1n) is 6.21. The Labute approximate surface area is 111 Å². The number of pyridine rings is 1. The molecule has 2 amide bonds. The van der Waals surface area contributed by atoms with Crippen molar-refractivity contribution < 1.29 is 14.7 Å². The maximum atomic E-state index is 12.0. The van der Waals surface area contributed by atoms with Crippen molar-refractivity contribution in [3.05, 3.63) is 24.0 Å². The van der Waals surface area contributed by atoms with Crippen LogP contribution in [-0.2, 0) is 0 Å². The molecule has 19 heavy (non-hydrogen) atoms. The number of carbonyl (C=O) groups is 2. The minimum Gasteiger partial charge on any atom is -0.478 e. The van der Waals surface area contributed by atoms with Crippen LogP contribution in [0.1, 0.15) is 30.1 Å². The van der Waals surface area contributed by atoms with Gasteiger partial charge in [0.1, 0.15) is 0 Å². The van der Waals surface area contributed by atoms with Crippen LogP contribution >= 0.6 is 0 Å². The van der Waals surface area contributed by atoms with Crippen molar-refractivity contribution in [1.82, 2.24) is 9.88 Å². The summed E-state index contributed by atoms with van der Waals surface area (Å²) in [4.78, 5) is 28.3. The normalized spacial score (nSPS) is 15.7. The molecule has 1 aromatic rings. The van der Waals surface area contributed by atoms with Crippen LogP contribution in [0.4, 0.5) is 10.5 Å². The Bertz CT molecular complexity index is 500. The Morgan fingerprint density at radius 3 is 2.74 bits per heavy atom. The average molecular weight is 263 g/mol. The molecular formula is C13H17N3O3. The van der Waals surface area contributed by atoms with Crippen molar-refractivity contribution >= 4 is 17.7 Å². The molecule has 1 saturated carbocycles. The van der Waals surface area contributed by atoms with Gasteiger partial charge in [-0.15, -0.1) is 0 Å². The van der Waals surface area contributed by atoms with E-state index in [4.69, 9.17) is 5.11 Å². The quantitative estimate of drug-likeness (QED) is 0.870.